The molecule has 0 atom stereocenters. The predicted molar refractivity (Wildman–Crippen MR) is 109 cm³/mol. The van der Waals surface area contributed by atoms with E-state index < -0.39 is 12.8 Å². The van der Waals surface area contributed by atoms with Gasteiger partial charge in [-0.25, -0.2) is 0 Å². The van der Waals surface area contributed by atoms with Crippen LogP contribution in [-0.2, 0) is 17.8 Å². The molecule has 2 heterocycles. The van der Waals surface area contributed by atoms with Gasteiger partial charge >= 0.3 is 6.18 Å². The number of ether oxygens (including phenoxy) is 2. The van der Waals surface area contributed by atoms with Crippen LogP contribution in [0.3, 0.4) is 0 Å². The number of hydrogen-bond acceptors (Lipinski definition) is 5. The molecule has 6 nitrogen and oxygen atoms in total. The van der Waals surface area contributed by atoms with Crippen molar-refractivity contribution in [3.05, 3.63) is 53.9 Å². The van der Waals surface area contributed by atoms with Crippen LogP contribution in [0.1, 0.15) is 17.7 Å². The molecule has 3 rings (SSSR count). The summed E-state index contributed by atoms with van der Waals surface area (Å²) in [5.74, 6) is 0.310. The summed E-state index contributed by atoms with van der Waals surface area (Å²) in [5, 5.41) is 0. The van der Waals surface area contributed by atoms with E-state index in [4.69, 9.17) is 9.47 Å². The van der Waals surface area contributed by atoms with Crippen LogP contribution in [0.5, 0.6) is 11.5 Å². The number of aryl methyl sites for hydroxylation is 1. The lowest BCUT2D eigenvalue weighted by Crippen LogP contribution is -2.48. The summed E-state index contributed by atoms with van der Waals surface area (Å²) in [6.45, 7) is 2.31. The van der Waals surface area contributed by atoms with E-state index in [1.165, 1.54) is 13.2 Å². The second kappa shape index (κ2) is 10.5. The monoisotopic (exact) mass is 437 g/mol. The standard InChI is InChI=1S/C22H26F3N3O3/c1-30-20-14-17(5-7-19(20)31-16-22(23,24)25)6-8-21(29)28-12-10-27(11-13-28)15-18-4-2-3-9-26-18/h2-5,7,9,14H,6,8,10-13,15-16H2,1H3. The van der Waals surface area contributed by atoms with Gasteiger partial charge in [0.2, 0.25) is 5.91 Å². The molecule has 0 radical (unpaired) electrons. The van der Waals surface area contributed by atoms with E-state index in [0.29, 0.717) is 25.9 Å². The molecule has 1 aromatic carbocycles. The Morgan fingerprint density at radius 3 is 2.52 bits per heavy atom. The fraction of sp³-hybridized carbons (Fsp3) is 0.455. The van der Waals surface area contributed by atoms with Gasteiger partial charge in [0.25, 0.3) is 0 Å². The van der Waals surface area contributed by atoms with Crippen LogP contribution in [0, 0.1) is 0 Å². The molecule has 1 saturated heterocycles. The molecule has 0 aliphatic carbocycles. The number of hydrogen-bond donors (Lipinski definition) is 0. The smallest absolute Gasteiger partial charge is 0.422 e. The average molecular weight is 437 g/mol. The highest BCUT2D eigenvalue weighted by atomic mass is 19.4. The SMILES string of the molecule is COc1cc(CCC(=O)N2CCN(Cc3ccccn3)CC2)ccc1OCC(F)(F)F. The summed E-state index contributed by atoms with van der Waals surface area (Å²) in [5.41, 5.74) is 1.82. The lowest BCUT2D eigenvalue weighted by Gasteiger charge is -2.34. The molecular formula is C22H26F3N3O3. The molecule has 0 unspecified atom stereocenters. The minimum absolute atomic E-state index is 0.0268. The van der Waals surface area contributed by atoms with Crippen molar-refractivity contribution >= 4 is 5.91 Å². The zero-order chi connectivity index (χ0) is 22.3. The van der Waals surface area contributed by atoms with Crippen molar-refractivity contribution in [1.82, 2.24) is 14.8 Å². The number of pyridine rings is 1. The van der Waals surface area contributed by atoms with Crippen molar-refractivity contribution in [2.24, 2.45) is 0 Å². The van der Waals surface area contributed by atoms with Gasteiger partial charge in [-0.15, -0.1) is 0 Å². The third-order valence-electron chi connectivity index (χ3n) is 5.08. The molecule has 0 N–H and O–H groups in total. The first kappa shape index (κ1) is 22.9. The van der Waals surface area contributed by atoms with E-state index in [2.05, 4.69) is 9.88 Å². The molecule has 0 spiro atoms. The van der Waals surface area contributed by atoms with Gasteiger partial charge < -0.3 is 14.4 Å². The average Bonchev–Trinajstić information content (AvgIpc) is 2.77. The highest BCUT2D eigenvalue weighted by Gasteiger charge is 2.29. The second-order valence-corrected chi connectivity index (χ2v) is 7.37. The maximum atomic E-state index is 12.6. The van der Waals surface area contributed by atoms with Crippen LogP contribution in [0.2, 0.25) is 0 Å². The number of carbonyl (C=O) groups is 1. The molecule has 1 amide bonds. The number of aromatic nitrogens is 1. The fourth-order valence-electron chi connectivity index (χ4n) is 3.43. The van der Waals surface area contributed by atoms with Crippen LogP contribution >= 0.6 is 0 Å². The molecule has 1 fully saturated rings. The minimum atomic E-state index is -4.42. The lowest BCUT2D eigenvalue weighted by molar-refractivity contribution is -0.153. The Bertz CT molecular complexity index is 854. The first-order valence-electron chi connectivity index (χ1n) is 10.1. The number of nitrogens with zero attached hydrogens (tertiary/aromatic N) is 3. The normalized spacial score (nSPS) is 15.0. The Hall–Kier alpha value is -2.81. The van der Waals surface area contributed by atoms with E-state index in [-0.39, 0.29) is 17.4 Å². The molecule has 1 aliphatic rings. The third-order valence-corrected chi connectivity index (χ3v) is 5.08. The number of benzene rings is 1. The maximum Gasteiger partial charge on any atom is 0.422 e. The zero-order valence-electron chi connectivity index (χ0n) is 17.4. The molecule has 1 aromatic heterocycles. The number of piperazine rings is 1. The van der Waals surface area contributed by atoms with Gasteiger partial charge in [0.1, 0.15) is 0 Å². The van der Waals surface area contributed by atoms with Crippen molar-refractivity contribution in [3.63, 3.8) is 0 Å². The Morgan fingerprint density at radius 2 is 1.87 bits per heavy atom. The largest absolute Gasteiger partial charge is 0.493 e. The summed E-state index contributed by atoms with van der Waals surface area (Å²) < 4.78 is 47.0. The van der Waals surface area contributed by atoms with Crippen LogP contribution in [0.4, 0.5) is 13.2 Å². The third kappa shape index (κ3) is 7.13. The Morgan fingerprint density at radius 1 is 1.10 bits per heavy atom. The molecule has 168 valence electrons. The van der Waals surface area contributed by atoms with Crippen molar-refractivity contribution in [2.45, 2.75) is 25.6 Å². The summed E-state index contributed by atoms with van der Waals surface area (Å²) in [6, 6.07) is 10.6. The molecule has 1 aliphatic heterocycles. The van der Waals surface area contributed by atoms with Crippen molar-refractivity contribution < 1.29 is 27.4 Å². The van der Waals surface area contributed by atoms with Gasteiger partial charge in [-0.1, -0.05) is 12.1 Å². The minimum Gasteiger partial charge on any atom is -0.493 e. The zero-order valence-corrected chi connectivity index (χ0v) is 17.4. The van der Waals surface area contributed by atoms with E-state index in [0.717, 1.165) is 30.9 Å². The summed E-state index contributed by atoms with van der Waals surface area (Å²) in [6.07, 6.45) is -1.84. The maximum absolute atomic E-state index is 12.6. The van der Waals surface area contributed by atoms with E-state index in [9.17, 15) is 18.0 Å². The quantitative estimate of drug-likeness (QED) is 0.634. The number of rotatable bonds is 8. The first-order valence-corrected chi connectivity index (χ1v) is 10.1. The number of alkyl halides is 3. The summed E-state index contributed by atoms with van der Waals surface area (Å²) >= 11 is 0. The first-order chi connectivity index (χ1) is 14.8. The Balaban J connectivity index is 1.46. The molecular weight excluding hydrogens is 411 g/mol. The second-order valence-electron chi connectivity index (χ2n) is 7.37. The molecule has 31 heavy (non-hydrogen) atoms. The number of carbonyl (C=O) groups excluding carboxylic acids is 1. The van der Waals surface area contributed by atoms with Gasteiger partial charge in [0.05, 0.1) is 12.8 Å². The van der Waals surface area contributed by atoms with Gasteiger partial charge in [-0.2, -0.15) is 13.2 Å². The molecule has 2 aromatic rings. The topological polar surface area (TPSA) is 54.9 Å². The van der Waals surface area contributed by atoms with E-state index in [1.54, 1.807) is 18.3 Å². The van der Waals surface area contributed by atoms with Gasteiger partial charge in [0, 0.05) is 45.3 Å². The number of halogens is 3. The number of amides is 1. The lowest BCUT2D eigenvalue weighted by atomic mass is 10.1. The fourth-order valence-corrected chi connectivity index (χ4v) is 3.43. The van der Waals surface area contributed by atoms with Crippen molar-refractivity contribution in [1.29, 1.82) is 0 Å². The highest BCUT2D eigenvalue weighted by molar-refractivity contribution is 5.76. The number of methoxy groups -OCH3 is 1. The van der Waals surface area contributed by atoms with Crippen LogP contribution < -0.4 is 9.47 Å². The van der Waals surface area contributed by atoms with Gasteiger partial charge in [0.15, 0.2) is 18.1 Å². The Labute approximate surface area is 179 Å². The van der Waals surface area contributed by atoms with Crippen LogP contribution in [-0.4, -0.2) is 66.8 Å². The van der Waals surface area contributed by atoms with E-state index in [1.807, 2.05) is 23.1 Å². The van der Waals surface area contributed by atoms with Crippen molar-refractivity contribution in [2.75, 3.05) is 39.9 Å². The molecule has 0 bridgehead atoms. The summed E-state index contributed by atoms with van der Waals surface area (Å²) in [7, 11) is 1.37. The Kier molecular flexibility index (Phi) is 7.73. The molecule has 0 saturated carbocycles. The van der Waals surface area contributed by atoms with Gasteiger partial charge in [-0.05, 0) is 36.2 Å². The van der Waals surface area contributed by atoms with Crippen molar-refractivity contribution in [3.8, 4) is 11.5 Å². The highest BCUT2D eigenvalue weighted by Crippen LogP contribution is 2.30. The summed E-state index contributed by atoms with van der Waals surface area (Å²) in [4.78, 5) is 21.1. The predicted octanol–water partition coefficient (Wildman–Crippen LogP) is 3.31. The van der Waals surface area contributed by atoms with Crippen LogP contribution in [0.15, 0.2) is 42.6 Å². The molecule has 9 heteroatoms. The van der Waals surface area contributed by atoms with E-state index >= 15 is 0 Å². The van der Waals surface area contributed by atoms with Gasteiger partial charge in [-0.3, -0.25) is 14.7 Å². The van der Waals surface area contributed by atoms with Crippen LogP contribution in [0.25, 0.3) is 0 Å².